The highest BCUT2D eigenvalue weighted by atomic mass is 35.5. The van der Waals surface area contributed by atoms with E-state index in [0.29, 0.717) is 27.8 Å². The van der Waals surface area contributed by atoms with Gasteiger partial charge in [-0.2, -0.15) is 0 Å². The lowest BCUT2D eigenvalue weighted by molar-refractivity contribution is 0.482. The summed E-state index contributed by atoms with van der Waals surface area (Å²) in [6.45, 7) is 1.76. The first kappa shape index (κ1) is 24.6. The Hall–Kier alpha value is -3.53. The summed E-state index contributed by atoms with van der Waals surface area (Å²) in [4.78, 5) is 0.00921. The summed E-state index contributed by atoms with van der Waals surface area (Å²) in [5.74, 6) is 1.13. The minimum absolute atomic E-state index is 0.0257. The fourth-order valence-electron chi connectivity index (χ4n) is 3.14. The van der Waals surface area contributed by atoms with Gasteiger partial charge in [0.15, 0.2) is 0 Å². The van der Waals surface area contributed by atoms with Gasteiger partial charge in [0.1, 0.15) is 11.5 Å². The van der Waals surface area contributed by atoms with Crippen molar-refractivity contribution in [2.45, 2.75) is 16.7 Å². The molecular formula is C25H21ClN2O5S2. The third kappa shape index (κ3) is 6.13. The molecule has 2 N–H and O–H groups in total. The molecule has 7 nitrogen and oxygen atoms in total. The zero-order chi connectivity index (χ0) is 25.1. The van der Waals surface area contributed by atoms with Gasteiger partial charge < -0.3 is 4.74 Å². The predicted octanol–water partition coefficient (Wildman–Crippen LogP) is 6.04. The van der Waals surface area contributed by atoms with E-state index in [1.165, 1.54) is 42.5 Å². The fourth-order valence-corrected chi connectivity index (χ4v) is 5.49. The maximum Gasteiger partial charge on any atom is 0.261 e. The average Bonchev–Trinajstić information content (AvgIpc) is 2.82. The highest BCUT2D eigenvalue weighted by Crippen LogP contribution is 2.26. The molecule has 0 spiro atoms. The first-order valence-electron chi connectivity index (χ1n) is 10.4. The van der Waals surface area contributed by atoms with Gasteiger partial charge in [0.05, 0.1) is 15.5 Å². The molecule has 35 heavy (non-hydrogen) atoms. The Kier molecular flexibility index (Phi) is 7.02. The van der Waals surface area contributed by atoms with Crippen molar-refractivity contribution in [2.24, 2.45) is 0 Å². The second-order valence-electron chi connectivity index (χ2n) is 7.58. The third-order valence-electron chi connectivity index (χ3n) is 4.97. The number of anilines is 2. The van der Waals surface area contributed by atoms with Crippen LogP contribution >= 0.6 is 11.6 Å². The van der Waals surface area contributed by atoms with E-state index in [-0.39, 0.29) is 15.5 Å². The molecule has 4 rings (SSSR count). The molecule has 0 heterocycles. The van der Waals surface area contributed by atoms with Crippen molar-refractivity contribution in [1.29, 1.82) is 0 Å². The molecular weight excluding hydrogens is 508 g/mol. The van der Waals surface area contributed by atoms with Crippen molar-refractivity contribution >= 4 is 43.0 Å². The van der Waals surface area contributed by atoms with Gasteiger partial charge in [-0.1, -0.05) is 35.9 Å². The SMILES string of the molecule is Cc1ccc(Cl)cc1NS(=O)(=O)c1ccc(NS(=O)(=O)c2ccc(Oc3ccccc3)cc2)cc1. The van der Waals surface area contributed by atoms with Crippen molar-refractivity contribution in [1.82, 2.24) is 0 Å². The predicted molar refractivity (Wildman–Crippen MR) is 137 cm³/mol. The van der Waals surface area contributed by atoms with E-state index in [0.717, 1.165) is 0 Å². The van der Waals surface area contributed by atoms with Crippen LogP contribution in [0.15, 0.2) is 107 Å². The van der Waals surface area contributed by atoms with Crippen LogP contribution in [0, 0.1) is 6.92 Å². The van der Waals surface area contributed by atoms with Crippen LogP contribution in [0.25, 0.3) is 0 Å². The number of para-hydroxylation sites is 1. The number of rotatable bonds is 8. The summed E-state index contributed by atoms with van der Waals surface area (Å²) < 4.78 is 61.6. The molecule has 0 saturated carbocycles. The molecule has 4 aromatic rings. The van der Waals surface area contributed by atoms with Gasteiger partial charge in [-0.3, -0.25) is 9.44 Å². The van der Waals surface area contributed by atoms with E-state index >= 15 is 0 Å². The number of hydrogen-bond donors (Lipinski definition) is 2. The minimum atomic E-state index is -3.90. The van der Waals surface area contributed by atoms with Crippen molar-refractivity contribution < 1.29 is 21.6 Å². The zero-order valence-electron chi connectivity index (χ0n) is 18.5. The van der Waals surface area contributed by atoms with Crippen LogP contribution in [-0.4, -0.2) is 16.8 Å². The molecule has 0 unspecified atom stereocenters. The number of ether oxygens (including phenoxy) is 1. The Morgan fingerprint density at radius 1 is 0.657 bits per heavy atom. The third-order valence-corrected chi connectivity index (χ3v) is 7.99. The Labute approximate surface area is 209 Å². The molecule has 0 atom stereocenters. The Bertz CT molecular complexity index is 1540. The minimum Gasteiger partial charge on any atom is -0.457 e. The maximum absolute atomic E-state index is 12.8. The van der Waals surface area contributed by atoms with Crippen molar-refractivity contribution in [3.8, 4) is 11.5 Å². The topological polar surface area (TPSA) is 102 Å². The highest BCUT2D eigenvalue weighted by Gasteiger charge is 2.18. The highest BCUT2D eigenvalue weighted by molar-refractivity contribution is 7.93. The first-order chi connectivity index (χ1) is 16.6. The smallest absolute Gasteiger partial charge is 0.261 e. The molecule has 0 radical (unpaired) electrons. The zero-order valence-corrected chi connectivity index (χ0v) is 20.9. The number of aryl methyl sites for hydroxylation is 1. The van der Waals surface area contributed by atoms with Crippen molar-refractivity contribution in [3.05, 3.63) is 108 Å². The molecule has 0 fully saturated rings. The van der Waals surface area contributed by atoms with Gasteiger partial charge >= 0.3 is 0 Å². The summed E-state index contributed by atoms with van der Waals surface area (Å²) >= 11 is 5.96. The van der Waals surface area contributed by atoms with Crippen LogP contribution in [0.1, 0.15) is 5.56 Å². The summed E-state index contributed by atoms with van der Waals surface area (Å²) in [6.07, 6.45) is 0. The molecule has 0 amide bonds. The van der Waals surface area contributed by atoms with Crippen LogP contribution in [-0.2, 0) is 20.0 Å². The molecule has 0 aliphatic rings. The average molecular weight is 529 g/mol. The van der Waals surface area contributed by atoms with Crippen LogP contribution < -0.4 is 14.2 Å². The Morgan fingerprint density at radius 3 is 1.83 bits per heavy atom. The number of halogens is 1. The second kappa shape index (κ2) is 9.99. The van der Waals surface area contributed by atoms with Crippen molar-refractivity contribution in [3.63, 3.8) is 0 Å². The summed E-state index contributed by atoms with van der Waals surface area (Å²) in [7, 11) is -7.79. The molecule has 10 heteroatoms. The molecule has 180 valence electrons. The molecule has 0 aliphatic heterocycles. The standard InChI is InChI=1S/C25H21ClN2O5S2/c1-18-7-8-19(26)17-25(18)28-35(31,32)23-13-9-20(10-14-23)27-34(29,30)24-15-11-22(12-16-24)33-21-5-3-2-4-6-21/h2-17,27-28H,1H3. The monoisotopic (exact) mass is 528 g/mol. The van der Waals surface area contributed by atoms with E-state index in [2.05, 4.69) is 9.44 Å². The number of nitrogens with one attached hydrogen (secondary N) is 2. The van der Waals surface area contributed by atoms with E-state index in [1.54, 1.807) is 43.3 Å². The lowest BCUT2D eigenvalue weighted by atomic mass is 10.2. The number of benzene rings is 4. The van der Waals surface area contributed by atoms with Crippen molar-refractivity contribution in [2.75, 3.05) is 9.44 Å². The largest absolute Gasteiger partial charge is 0.457 e. The Morgan fingerprint density at radius 2 is 1.20 bits per heavy atom. The Balaban J connectivity index is 1.46. The van der Waals surface area contributed by atoms with Gasteiger partial charge in [-0.15, -0.1) is 0 Å². The maximum atomic E-state index is 12.8. The van der Waals surface area contributed by atoms with Crippen LogP contribution in [0.2, 0.25) is 5.02 Å². The normalized spacial score (nSPS) is 11.6. The van der Waals surface area contributed by atoms with E-state index in [1.807, 2.05) is 18.2 Å². The van der Waals surface area contributed by atoms with Gasteiger partial charge in [-0.05, 0) is 85.3 Å². The summed E-state index contributed by atoms with van der Waals surface area (Å²) in [5, 5.41) is 0.401. The molecule has 0 saturated heterocycles. The van der Waals surface area contributed by atoms with Gasteiger partial charge in [-0.25, -0.2) is 16.8 Å². The molecule has 0 aliphatic carbocycles. The summed E-state index contributed by atoms with van der Waals surface area (Å²) in [5.41, 5.74) is 1.29. The fraction of sp³-hybridized carbons (Fsp3) is 0.0400. The van der Waals surface area contributed by atoms with Crippen LogP contribution in [0.4, 0.5) is 11.4 Å². The van der Waals surface area contributed by atoms with Gasteiger partial charge in [0.25, 0.3) is 20.0 Å². The first-order valence-corrected chi connectivity index (χ1v) is 13.7. The van der Waals surface area contributed by atoms with Crippen LogP contribution in [0.3, 0.4) is 0 Å². The van der Waals surface area contributed by atoms with E-state index < -0.39 is 20.0 Å². The lowest BCUT2D eigenvalue weighted by Gasteiger charge is -2.12. The van der Waals surface area contributed by atoms with Gasteiger partial charge in [0, 0.05) is 10.7 Å². The lowest BCUT2D eigenvalue weighted by Crippen LogP contribution is -2.15. The molecule has 0 bridgehead atoms. The summed E-state index contributed by atoms with van der Waals surface area (Å²) in [6, 6.07) is 25.4. The van der Waals surface area contributed by atoms with E-state index in [4.69, 9.17) is 16.3 Å². The molecule has 0 aromatic heterocycles. The van der Waals surface area contributed by atoms with E-state index in [9.17, 15) is 16.8 Å². The van der Waals surface area contributed by atoms with Gasteiger partial charge in [0.2, 0.25) is 0 Å². The quantitative estimate of drug-likeness (QED) is 0.290. The molecule has 4 aromatic carbocycles. The number of sulfonamides is 2. The second-order valence-corrected chi connectivity index (χ2v) is 11.4. The van der Waals surface area contributed by atoms with Crippen LogP contribution in [0.5, 0.6) is 11.5 Å². The number of hydrogen-bond acceptors (Lipinski definition) is 5.